The Morgan fingerprint density at radius 3 is 2.10 bits per heavy atom. The molecule has 1 aliphatic heterocycles. The van der Waals surface area contributed by atoms with E-state index in [1.54, 1.807) is 11.0 Å². The van der Waals surface area contributed by atoms with E-state index in [1.807, 2.05) is 45.9 Å². The van der Waals surface area contributed by atoms with E-state index in [1.165, 1.54) is 4.31 Å². The molecule has 0 saturated carbocycles. The third kappa shape index (κ3) is 3.98. The largest absolute Gasteiger partial charge is 0.346 e. The maximum atomic E-state index is 13.1. The first-order valence-corrected chi connectivity index (χ1v) is 11.5. The topological polar surface area (TPSA) is 62.6 Å². The van der Waals surface area contributed by atoms with Crippen molar-refractivity contribution >= 4 is 15.9 Å². The van der Waals surface area contributed by atoms with Crippen LogP contribution in [0.1, 0.15) is 52.8 Å². The van der Waals surface area contributed by atoms with E-state index < -0.39 is 10.0 Å². The number of aryl methyl sites for hydroxylation is 3. The Morgan fingerprint density at radius 2 is 1.59 bits per heavy atom. The molecule has 158 valence electrons. The predicted molar refractivity (Wildman–Crippen MR) is 115 cm³/mol. The zero-order valence-electron chi connectivity index (χ0n) is 18.2. The molecular weight excluding hydrogens is 386 g/mol. The number of amides is 1. The van der Waals surface area contributed by atoms with Crippen LogP contribution in [0.5, 0.6) is 0 Å². The Kier molecular flexibility index (Phi) is 5.92. The summed E-state index contributed by atoms with van der Waals surface area (Å²) in [5.74, 6) is -0.0198. The first-order chi connectivity index (χ1) is 13.5. The molecule has 29 heavy (non-hydrogen) atoms. The standard InChI is InChI=1S/C22H31N3O3S/c1-15(2)25-18(5)14-20(19(25)6)22(26)23-9-11-24(12-10-23)29(27,28)21-8-7-16(3)13-17(21)4/h7-8,13-15H,9-12H2,1-6H3. The Hall–Kier alpha value is -2.12. The summed E-state index contributed by atoms with van der Waals surface area (Å²) in [4.78, 5) is 15.2. The maximum absolute atomic E-state index is 13.1. The molecule has 1 fully saturated rings. The van der Waals surface area contributed by atoms with Crippen LogP contribution in [0.25, 0.3) is 0 Å². The smallest absolute Gasteiger partial charge is 0.255 e. The Bertz CT molecular complexity index is 1030. The summed E-state index contributed by atoms with van der Waals surface area (Å²) in [5.41, 5.74) is 4.53. The summed E-state index contributed by atoms with van der Waals surface area (Å²) in [6, 6.07) is 7.62. The minimum atomic E-state index is -3.55. The number of benzene rings is 1. The molecule has 0 atom stereocenters. The van der Waals surface area contributed by atoms with Crippen molar-refractivity contribution in [3.63, 3.8) is 0 Å². The number of carbonyl (C=O) groups is 1. The molecule has 2 aromatic rings. The van der Waals surface area contributed by atoms with Gasteiger partial charge in [-0.2, -0.15) is 4.31 Å². The summed E-state index contributed by atoms with van der Waals surface area (Å²) < 4.78 is 29.8. The number of hydrogen-bond donors (Lipinski definition) is 0. The Balaban J connectivity index is 1.75. The third-order valence-electron chi connectivity index (χ3n) is 5.71. The molecule has 0 bridgehead atoms. The minimum absolute atomic E-state index is 0.0198. The fraction of sp³-hybridized carbons (Fsp3) is 0.500. The van der Waals surface area contributed by atoms with Gasteiger partial charge >= 0.3 is 0 Å². The van der Waals surface area contributed by atoms with Crippen molar-refractivity contribution in [1.29, 1.82) is 0 Å². The molecule has 0 spiro atoms. The fourth-order valence-corrected chi connectivity index (χ4v) is 5.95. The summed E-state index contributed by atoms with van der Waals surface area (Å²) in [5, 5.41) is 0. The number of nitrogens with zero attached hydrogens (tertiary/aromatic N) is 3. The lowest BCUT2D eigenvalue weighted by molar-refractivity contribution is 0.0697. The number of carbonyl (C=O) groups excluding carboxylic acids is 1. The van der Waals surface area contributed by atoms with Gasteiger partial charge in [-0.25, -0.2) is 8.42 Å². The molecule has 0 radical (unpaired) electrons. The van der Waals surface area contributed by atoms with Gasteiger partial charge in [0.15, 0.2) is 0 Å². The number of hydrogen-bond acceptors (Lipinski definition) is 3. The van der Waals surface area contributed by atoms with Gasteiger partial charge < -0.3 is 9.47 Å². The van der Waals surface area contributed by atoms with E-state index in [2.05, 4.69) is 18.4 Å². The van der Waals surface area contributed by atoms with Crippen molar-refractivity contribution < 1.29 is 13.2 Å². The highest BCUT2D eigenvalue weighted by atomic mass is 32.2. The van der Waals surface area contributed by atoms with Crippen LogP contribution in [0.15, 0.2) is 29.2 Å². The minimum Gasteiger partial charge on any atom is -0.346 e. The van der Waals surface area contributed by atoms with Gasteiger partial charge in [0, 0.05) is 43.6 Å². The van der Waals surface area contributed by atoms with Gasteiger partial charge in [-0.05, 0) is 59.2 Å². The molecule has 1 aromatic heterocycles. The van der Waals surface area contributed by atoms with Crippen molar-refractivity contribution in [3.8, 4) is 0 Å². The van der Waals surface area contributed by atoms with E-state index in [0.717, 1.165) is 22.5 Å². The molecule has 1 aliphatic rings. The second-order valence-corrected chi connectivity index (χ2v) is 10.1. The van der Waals surface area contributed by atoms with Crippen LogP contribution in [0, 0.1) is 27.7 Å². The van der Waals surface area contributed by atoms with Crippen molar-refractivity contribution in [2.24, 2.45) is 0 Å². The van der Waals surface area contributed by atoms with Crippen molar-refractivity contribution in [1.82, 2.24) is 13.8 Å². The first-order valence-electron chi connectivity index (χ1n) is 10.1. The van der Waals surface area contributed by atoms with E-state index in [9.17, 15) is 13.2 Å². The molecule has 0 unspecified atom stereocenters. The molecule has 1 amide bonds. The fourth-order valence-electron chi connectivity index (χ4n) is 4.32. The zero-order valence-corrected chi connectivity index (χ0v) is 19.0. The van der Waals surface area contributed by atoms with Crippen molar-refractivity contribution in [2.45, 2.75) is 52.5 Å². The quantitative estimate of drug-likeness (QED) is 0.765. The van der Waals surface area contributed by atoms with Gasteiger partial charge in [0.2, 0.25) is 10.0 Å². The number of rotatable bonds is 4. The van der Waals surface area contributed by atoms with Crippen LogP contribution in [0.2, 0.25) is 0 Å². The maximum Gasteiger partial charge on any atom is 0.255 e. The van der Waals surface area contributed by atoms with E-state index in [-0.39, 0.29) is 11.9 Å². The highest BCUT2D eigenvalue weighted by Gasteiger charge is 2.32. The summed E-state index contributed by atoms with van der Waals surface area (Å²) in [6.07, 6.45) is 0. The average molecular weight is 418 g/mol. The SMILES string of the molecule is Cc1ccc(S(=O)(=O)N2CCN(C(=O)c3cc(C)n(C(C)C)c3C)CC2)c(C)c1. The van der Waals surface area contributed by atoms with Gasteiger partial charge in [-0.15, -0.1) is 0 Å². The number of aromatic nitrogens is 1. The van der Waals surface area contributed by atoms with E-state index >= 15 is 0 Å². The molecule has 0 aliphatic carbocycles. The third-order valence-corrected chi connectivity index (χ3v) is 7.76. The lowest BCUT2D eigenvalue weighted by Crippen LogP contribution is -2.50. The van der Waals surface area contributed by atoms with Gasteiger partial charge in [0.25, 0.3) is 5.91 Å². The van der Waals surface area contributed by atoms with Crippen LogP contribution < -0.4 is 0 Å². The Labute approximate surface area is 174 Å². The van der Waals surface area contributed by atoms with Gasteiger partial charge in [0.1, 0.15) is 0 Å². The number of sulfonamides is 1. The van der Waals surface area contributed by atoms with Crippen LogP contribution in [0.3, 0.4) is 0 Å². The second-order valence-electron chi connectivity index (χ2n) is 8.21. The zero-order chi connectivity index (χ0) is 21.5. The average Bonchev–Trinajstić information content (AvgIpc) is 2.95. The predicted octanol–water partition coefficient (Wildman–Crippen LogP) is 3.45. The normalized spacial score (nSPS) is 15.9. The molecule has 1 aromatic carbocycles. The lowest BCUT2D eigenvalue weighted by Gasteiger charge is -2.34. The van der Waals surface area contributed by atoms with Crippen molar-refractivity contribution in [3.05, 3.63) is 52.3 Å². The monoisotopic (exact) mass is 417 g/mol. The number of piperazine rings is 1. The van der Waals surface area contributed by atoms with Crippen LogP contribution in [-0.2, 0) is 10.0 Å². The summed E-state index contributed by atoms with van der Waals surface area (Å²) in [6.45, 7) is 13.4. The van der Waals surface area contributed by atoms with E-state index in [4.69, 9.17) is 0 Å². The van der Waals surface area contributed by atoms with Crippen LogP contribution in [0.4, 0.5) is 0 Å². The summed E-state index contributed by atoms with van der Waals surface area (Å²) in [7, 11) is -3.55. The lowest BCUT2D eigenvalue weighted by atomic mass is 10.2. The van der Waals surface area contributed by atoms with E-state index in [0.29, 0.717) is 36.6 Å². The second kappa shape index (κ2) is 7.95. The van der Waals surface area contributed by atoms with Gasteiger partial charge in [-0.1, -0.05) is 17.7 Å². The molecule has 6 nitrogen and oxygen atoms in total. The van der Waals surface area contributed by atoms with Crippen LogP contribution in [-0.4, -0.2) is 54.3 Å². The first kappa shape index (κ1) is 21.6. The molecule has 2 heterocycles. The van der Waals surface area contributed by atoms with Crippen LogP contribution >= 0.6 is 0 Å². The van der Waals surface area contributed by atoms with Gasteiger partial charge in [-0.3, -0.25) is 4.79 Å². The highest BCUT2D eigenvalue weighted by Crippen LogP contribution is 2.24. The molecule has 7 heteroatoms. The molecule has 0 N–H and O–H groups in total. The summed E-state index contributed by atoms with van der Waals surface area (Å²) >= 11 is 0. The van der Waals surface area contributed by atoms with Gasteiger partial charge in [0.05, 0.1) is 10.5 Å². The molecule has 1 saturated heterocycles. The molecule has 3 rings (SSSR count). The molecular formula is C22H31N3O3S. The van der Waals surface area contributed by atoms with Crippen molar-refractivity contribution in [2.75, 3.05) is 26.2 Å². The highest BCUT2D eigenvalue weighted by molar-refractivity contribution is 7.89. The Morgan fingerprint density at radius 1 is 0.966 bits per heavy atom.